The van der Waals surface area contributed by atoms with E-state index in [0.717, 1.165) is 24.0 Å². The van der Waals surface area contributed by atoms with E-state index >= 15 is 0 Å². The van der Waals surface area contributed by atoms with Crippen molar-refractivity contribution in [3.05, 3.63) is 70.8 Å². The number of benzene rings is 2. The van der Waals surface area contributed by atoms with Crippen LogP contribution in [0.1, 0.15) is 45.9 Å². The minimum Gasteiger partial charge on any atom is -0.352 e. The second-order valence-electron chi connectivity index (χ2n) is 6.61. The summed E-state index contributed by atoms with van der Waals surface area (Å²) in [7, 11) is 0. The van der Waals surface area contributed by atoms with Crippen molar-refractivity contribution < 1.29 is 9.59 Å². The number of urea groups is 1. The van der Waals surface area contributed by atoms with E-state index in [1.54, 1.807) is 12.1 Å². The van der Waals surface area contributed by atoms with Crippen LogP contribution in [-0.4, -0.2) is 11.9 Å². The Morgan fingerprint density at radius 2 is 1.72 bits per heavy atom. The molecule has 0 heterocycles. The van der Waals surface area contributed by atoms with Gasteiger partial charge in [-0.25, -0.2) is 4.79 Å². The van der Waals surface area contributed by atoms with Crippen molar-refractivity contribution in [3.63, 3.8) is 0 Å². The highest BCUT2D eigenvalue weighted by Crippen LogP contribution is 2.41. The van der Waals surface area contributed by atoms with Gasteiger partial charge in [-0.2, -0.15) is 0 Å². The summed E-state index contributed by atoms with van der Waals surface area (Å²) in [6.45, 7) is 2.41. The summed E-state index contributed by atoms with van der Waals surface area (Å²) in [5.74, 6) is 0.442. The van der Waals surface area contributed by atoms with Crippen LogP contribution in [0.2, 0.25) is 0 Å². The zero-order valence-corrected chi connectivity index (χ0v) is 14.3. The Labute approximate surface area is 147 Å². The van der Waals surface area contributed by atoms with Gasteiger partial charge in [0.2, 0.25) is 0 Å². The van der Waals surface area contributed by atoms with Crippen LogP contribution in [0.15, 0.2) is 48.5 Å². The third-order valence-electron chi connectivity index (χ3n) is 4.50. The van der Waals surface area contributed by atoms with Crippen LogP contribution in [0.25, 0.3) is 0 Å². The molecule has 1 saturated carbocycles. The lowest BCUT2D eigenvalue weighted by atomic mass is 10.0. The molecule has 2 aromatic carbocycles. The zero-order chi connectivity index (χ0) is 17.8. The first-order chi connectivity index (χ1) is 12.0. The standard InChI is InChI=1S/C20H23N3O2/c1-13-2-6-15(7-3-13)18(16-10-11-16)23-19(24)17-8-4-14(5-9-17)12-22-20(21)25/h2-9,16,18H,10-12H2,1H3,(H,23,24)(H3,21,22,25)/t18-/m1/s1. The molecule has 1 aliphatic carbocycles. The number of amides is 3. The van der Waals surface area contributed by atoms with Crippen LogP contribution in [0, 0.1) is 12.8 Å². The van der Waals surface area contributed by atoms with Gasteiger partial charge in [-0.05, 0) is 48.9 Å². The molecule has 0 radical (unpaired) electrons. The van der Waals surface area contributed by atoms with Crippen molar-refractivity contribution in [2.24, 2.45) is 11.7 Å². The Morgan fingerprint density at radius 1 is 1.08 bits per heavy atom. The predicted molar refractivity (Wildman–Crippen MR) is 97.0 cm³/mol. The second kappa shape index (κ2) is 7.38. The van der Waals surface area contributed by atoms with Crippen molar-refractivity contribution in [1.82, 2.24) is 10.6 Å². The van der Waals surface area contributed by atoms with E-state index < -0.39 is 6.03 Å². The van der Waals surface area contributed by atoms with Crippen molar-refractivity contribution in [2.45, 2.75) is 32.4 Å². The van der Waals surface area contributed by atoms with Gasteiger partial charge in [-0.3, -0.25) is 4.79 Å². The highest BCUT2D eigenvalue weighted by atomic mass is 16.2. The van der Waals surface area contributed by atoms with Gasteiger partial charge in [0.1, 0.15) is 0 Å². The van der Waals surface area contributed by atoms with Crippen LogP contribution in [0.5, 0.6) is 0 Å². The number of aryl methyl sites for hydroxylation is 1. The SMILES string of the molecule is Cc1ccc([C@@H](NC(=O)c2ccc(CNC(N)=O)cc2)C2CC2)cc1. The Hall–Kier alpha value is -2.82. The van der Waals surface area contributed by atoms with Gasteiger partial charge in [0.25, 0.3) is 5.91 Å². The summed E-state index contributed by atoms with van der Waals surface area (Å²) in [5, 5.41) is 5.70. The summed E-state index contributed by atoms with van der Waals surface area (Å²) in [6.07, 6.45) is 2.30. The summed E-state index contributed by atoms with van der Waals surface area (Å²) >= 11 is 0. The molecule has 1 fully saturated rings. The van der Waals surface area contributed by atoms with Crippen molar-refractivity contribution >= 4 is 11.9 Å². The van der Waals surface area contributed by atoms with Crippen LogP contribution in [-0.2, 0) is 6.54 Å². The molecule has 0 spiro atoms. The monoisotopic (exact) mass is 337 g/mol. The summed E-state index contributed by atoms with van der Waals surface area (Å²) < 4.78 is 0. The van der Waals surface area contributed by atoms with Crippen LogP contribution < -0.4 is 16.4 Å². The van der Waals surface area contributed by atoms with E-state index in [9.17, 15) is 9.59 Å². The van der Waals surface area contributed by atoms with Crippen LogP contribution in [0.4, 0.5) is 4.79 Å². The van der Waals surface area contributed by atoms with E-state index in [1.807, 2.05) is 12.1 Å². The normalized spacial score (nSPS) is 14.6. The summed E-state index contributed by atoms with van der Waals surface area (Å²) in [6, 6.07) is 15.0. The van der Waals surface area contributed by atoms with Crippen LogP contribution in [0.3, 0.4) is 0 Å². The molecule has 130 valence electrons. The van der Waals surface area contributed by atoms with Crippen molar-refractivity contribution in [2.75, 3.05) is 0 Å². The zero-order valence-electron chi connectivity index (χ0n) is 14.3. The number of primary amides is 1. The fraction of sp³-hybridized carbons (Fsp3) is 0.300. The minimum absolute atomic E-state index is 0.0595. The van der Waals surface area contributed by atoms with E-state index in [4.69, 9.17) is 5.73 Å². The van der Waals surface area contributed by atoms with Gasteiger partial charge in [0, 0.05) is 12.1 Å². The molecule has 0 aliphatic heterocycles. The first-order valence-electron chi connectivity index (χ1n) is 8.52. The number of hydrogen-bond acceptors (Lipinski definition) is 2. The number of rotatable bonds is 6. The topological polar surface area (TPSA) is 84.2 Å². The Kier molecular flexibility index (Phi) is 5.03. The van der Waals surface area contributed by atoms with Gasteiger partial charge >= 0.3 is 6.03 Å². The maximum Gasteiger partial charge on any atom is 0.312 e. The molecule has 25 heavy (non-hydrogen) atoms. The number of hydrogen-bond donors (Lipinski definition) is 3. The molecule has 3 amide bonds. The molecule has 1 aliphatic rings. The van der Waals surface area contributed by atoms with E-state index in [1.165, 1.54) is 5.56 Å². The number of carbonyl (C=O) groups excluding carboxylic acids is 2. The van der Waals surface area contributed by atoms with Gasteiger partial charge in [-0.15, -0.1) is 0 Å². The molecule has 1 atom stereocenters. The third-order valence-corrected chi connectivity index (χ3v) is 4.50. The minimum atomic E-state index is -0.563. The van der Waals surface area contributed by atoms with Gasteiger partial charge in [-0.1, -0.05) is 42.0 Å². The van der Waals surface area contributed by atoms with E-state index in [-0.39, 0.29) is 11.9 Å². The molecular weight excluding hydrogens is 314 g/mol. The Balaban J connectivity index is 1.67. The third kappa shape index (κ3) is 4.59. The molecule has 4 N–H and O–H groups in total. The van der Waals surface area contributed by atoms with Crippen molar-refractivity contribution in [1.29, 1.82) is 0 Å². The average Bonchev–Trinajstić information content (AvgIpc) is 3.44. The second-order valence-corrected chi connectivity index (χ2v) is 6.61. The van der Waals surface area contributed by atoms with Gasteiger partial charge in [0.05, 0.1) is 6.04 Å². The Bertz CT molecular complexity index is 750. The van der Waals surface area contributed by atoms with E-state index in [0.29, 0.717) is 18.0 Å². The molecule has 0 bridgehead atoms. The quantitative estimate of drug-likeness (QED) is 0.757. The highest BCUT2D eigenvalue weighted by molar-refractivity contribution is 5.94. The number of nitrogens with one attached hydrogen (secondary N) is 2. The molecule has 5 heteroatoms. The van der Waals surface area contributed by atoms with E-state index in [2.05, 4.69) is 41.8 Å². The molecule has 0 unspecified atom stereocenters. The number of nitrogens with two attached hydrogens (primary N) is 1. The fourth-order valence-electron chi connectivity index (χ4n) is 2.86. The first kappa shape index (κ1) is 17.0. The van der Waals surface area contributed by atoms with Gasteiger partial charge in [0.15, 0.2) is 0 Å². The lowest BCUT2D eigenvalue weighted by molar-refractivity contribution is 0.0931. The highest BCUT2D eigenvalue weighted by Gasteiger charge is 2.33. The van der Waals surface area contributed by atoms with Crippen molar-refractivity contribution in [3.8, 4) is 0 Å². The molecule has 0 saturated heterocycles. The maximum atomic E-state index is 12.6. The first-order valence-corrected chi connectivity index (χ1v) is 8.52. The lowest BCUT2D eigenvalue weighted by Gasteiger charge is -2.19. The smallest absolute Gasteiger partial charge is 0.312 e. The molecular formula is C20H23N3O2. The average molecular weight is 337 g/mol. The summed E-state index contributed by atoms with van der Waals surface area (Å²) in [5.41, 5.74) is 8.93. The van der Waals surface area contributed by atoms with Crippen LogP contribution >= 0.6 is 0 Å². The number of carbonyl (C=O) groups is 2. The molecule has 0 aromatic heterocycles. The largest absolute Gasteiger partial charge is 0.352 e. The van der Waals surface area contributed by atoms with Gasteiger partial charge < -0.3 is 16.4 Å². The Morgan fingerprint density at radius 3 is 2.28 bits per heavy atom. The maximum absolute atomic E-state index is 12.6. The molecule has 3 rings (SSSR count). The lowest BCUT2D eigenvalue weighted by Crippen LogP contribution is -2.30. The molecule has 5 nitrogen and oxygen atoms in total. The predicted octanol–water partition coefficient (Wildman–Crippen LogP) is 3.04. The molecule has 2 aromatic rings. The summed E-state index contributed by atoms with van der Waals surface area (Å²) in [4.78, 5) is 23.3. The fourth-order valence-corrected chi connectivity index (χ4v) is 2.86.